The molecule has 2 saturated heterocycles. The molecule has 0 bridgehead atoms. The van der Waals surface area contributed by atoms with Gasteiger partial charge in [0.2, 0.25) is 5.95 Å². The number of halogens is 2. The molecule has 31 heavy (non-hydrogen) atoms. The third-order valence-corrected chi connectivity index (χ3v) is 6.71. The quantitative estimate of drug-likeness (QED) is 0.629. The zero-order valence-corrected chi connectivity index (χ0v) is 17.9. The van der Waals surface area contributed by atoms with Gasteiger partial charge in [-0.05, 0) is 68.8 Å². The van der Waals surface area contributed by atoms with E-state index in [2.05, 4.69) is 30.5 Å². The van der Waals surface area contributed by atoms with E-state index in [-0.39, 0.29) is 5.02 Å². The van der Waals surface area contributed by atoms with Crippen molar-refractivity contribution >= 4 is 40.1 Å². The minimum absolute atomic E-state index is 0.0512. The van der Waals surface area contributed by atoms with Gasteiger partial charge in [0.25, 0.3) is 0 Å². The zero-order valence-electron chi connectivity index (χ0n) is 17.2. The maximum atomic E-state index is 13.5. The van der Waals surface area contributed by atoms with Crippen LogP contribution in [0.2, 0.25) is 5.02 Å². The maximum absolute atomic E-state index is 13.5. The van der Waals surface area contributed by atoms with Crippen LogP contribution in [0.5, 0.6) is 0 Å². The Morgan fingerprint density at radius 3 is 2.58 bits per heavy atom. The summed E-state index contributed by atoms with van der Waals surface area (Å²) >= 11 is 5.91. The van der Waals surface area contributed by atoms with E-state index in [4.69, 9.17) is 16.6 Å². The molecule has 0 amide bonds. The minimum atomic E-state index is -0.461. The van der Waals surface area contributed by atoms with Crippen LogP contribution in [0.3, 0.4) is 0 Å². The molecule has 2 aliphatic heterocycles. The van der Waals surface area contributed by atoms with Gasteiger partial charge in [-0.2, -0.15) is 0 Å². The van der Waals surface area contributed by atoms with Crippen molar-refractivity contribution in [2.24, 2.45) is 11.8 Å². The fourth-order valence-electron chi connectivity index (χ4n) is 4.69. The number of benzene rings is 1. The topological polar surface area (TPSA) is 78.9 Å². The fraction of sp³-hybridized carbons (Fsp3) is 0.455. The van der Waals surface area contributed by atoms with Gasteiger partial charge in [-0.25, -0.2) is 24.3 Å². The number of fused-ring (bicyclic) bond motifs is 1. The molecule has 2 aromatic heterocycles. The summed E-state index contributed by atoms with van der Waals surface area (Å²) < 4.78 is 13.5. The van der Waals surface area contributed by atoms with Gasteiger partial charge in [0.1, 0.15) is 23.2 Å². The summed E-state index contributed by atoms with van der Waals surface area (Å²) in [6.07, 6.45) is 8.13. The number of aromatic nitrogens is 4. The lowest BCUT2D eigenvalue weighted by molar-refractivity contribution is 0.221. The first kappa shape index (κ1) is 20.3. The maximum Gasteiger partial charge on any atom is 0.226 e. The van der Waals surface area contributed by atoms with Crippen molar-refractivity contribution in [1.82, 2.24) is 25.3 Å². The summed E-state index contributed by atoms with van der Waals surface area (Å²) in [5, 5.41) is 6.69. The second-order valence-corrected chi connectivity index (χ2v) is 8.70. The summed E-state index contributed by atoms with van der Waals surface area (Å²) in [6, 6.07) is 4.46. The Labute approximate surface area is 185 Å². The summed E-state index contributed by atoms with van der Waals surface area (Å²) in [4.78, 5) is 20.2. The largest absolute Gasteiger partial charge is 0.341 e. The van der Waals surface area contributed by atoms with Crippen LogP contribution in [0.25, 0.3) is 11.0 Å². The first-order chi connectivity index (χ1) is 15.2. The van der Waals surface area contributed by atoms with Crippen LogP contribution in [0, 0.1) is 17.7 Å². The number of nitrogens with one attached hydrogen (secondary N) is 2. The van der Waals surface area contributed by atoms with Crippen molar-refractivity contribution in [3.05, 3.63) is 41.6 Å². The number of piperidine rings is 2. The lowest BCUT2D eigenvalue weighted by atomic mass is 9.79. The van der Waals surface area contributed by atoms with Gasteiger partial charge in [-0.15, -0.1) is 0 Å². The Kier molecular flexibility index (Phi) is 5.82. The molecule has 3 aromatic rings. The monoisotopic (exact) mass is 441 g/mol. The summed E-state index contributed by atoms with van der Waals surface area (Å²) in [7, 11) is 0. The second-order valence-electron chi connectivity index (χ2n) is 8.29. The van der Waals surface area contributed by atoms with Crippen molar-refractivity contribution in [3.63, 3.8) is 0 Å². The highest BCUT2D eigenvalue weighted by atomic mass is 35.5. The predicted molar refractivity (Wildman–Crippen MR) is 120 cm³/mol. The SMILES string of the molecule is Fc1ccc(Nc2ncnc3cnc(N4CCC(C5CCNCC5)CC4)nc23)cc1Cl. The first-order valence-corrected chi connectivity index (χ1v) is 11.2. The van der Waals surface area contributed by atoms with Crippen LogP contribution in [0.4, 0.5) is 21.8 Å². The number of rotatable bonds is 4. The molecule has 0 spiro atoms. The van der Waals surface area contributed by atoms with Gasteiger partial charge in [0, 0.05) is 18.8 Å². The fourth-order valence-corrected chi connectivity index (χ4v) is 4.87. The van der Waals surface area contributed by atoms with Crippen LogP contribution in [0.15, 0.2) is 30.7 Å². The van der Waals surface area contributed by atoms with E-state index in [1.165, 1.54) is 44.1 Å². The van der Waals surface area contributed by atoms with E-state index < -0.39 is 5.82 Å². The lowest BCUT2D eigenvalue weighted by Gasteiger charge is -2.37. The van der Waals surface area contributed by atoms with Crippen LogP contribution in [-0.2, 0) is 0 Å². The van der Waals surface area contributed by atoms with Gasteiger partial charge < -0.3 is 15.5 Å². The molecule has 0 saturated carbocycles. The lowest BCUT2D eigenvalue weighted by Crippen LogP contribution is -2.40. The number of hydrogen-bond donors (Lipinski definition) is 2. The van der Waals surface area contributed by atoms with Crippen molar-refractivity contribution in [2.75, 3.05) is 36.4 Å². The molecule has 4 heterocycles. The first-order valence-electron chi connectivity index (χ1n) is 10.8. The smallest absolute Gasteiger partial charge is 0.226 e. The Morgan fingerprint density at radius 1 is 1.03 bits per heavy atom. The molecular formula is C22H25ClFN7. The molecule has 2 aliphatic rings. The molecule has 7 nitrogen and oxygen atoms in total. The Hall–Kier alpha value is -2.58. The number of nitrogens with zero attached hydrogens (tertiary/aromatic N) is 5. The highest BCUT2D eigenvalue weighted by Gasteiger charge is 2.28. The van der Waals surface area contributed by atoms with Crippen LogP contribution < -0.4 is 15.5 Å². The Balaban J connectivity index is 1.34. The molecule has 2 N–H and O–H groups in total. The molecule has 2 fully saturated rings. The average molecular weight is 442 g/mol. The van der Waals surface area contributed by atoms with E-state index >= 15 is 0 Å². The molecule has 1 aromatic carbocycles. The van der Waals surface area contributed by atoms with E-state index in [0.717, 1.165) is 38.0 Å². The van der Waals surface area contributed by atoms with Gasteiger partial charge >= 0.3 is 0 Å². The molecule has 0 aliphatic carbocycles. The van der Waals surface area contributed by atoms with Crippen molar-refractivity contribution in [3.8, 4) is 0 Å². The van der Waals surface area contributed by atoms with Crippen molar-refractivity contribution in [2.45, 2.75) is 25.7 Å². The van der Waals surface area contributed by atoms with Gasteiger partial charge in [-0.1, -0.05) is 11.6 Å². The van der Waals surface area contributed by atoms with Gasteiger partial charge in [-0.3, -0.25) is 0 Å². The molecule has 9 heteroatoms. The highest BCUT2D eigenvalue weighted by molar-refractivity contribution is 6.31. The molecule has 162 valence electrons. The standard InChI is InChI=1S/C22H25ClFN7/c23-17-11-16(1-2-18(17)24)29-21-20-19(27-13-28-21)12-26-22(30-20)31-9-5-15(6-10-31)14-3-7-25-8-4-14/h1-2,11-15,25H,3-10H2,(H,27,28,29). The van der Waals surface area contributed by atoms with Crippen molar-refractivity contribution < 1.29 is 4.39 Å². The summed E-state index contributed by atoms with van der Waals surface area (Å²) in [6.45, 7) is 4.22. The van der Waals surface area contributed by atoms with E-state index in [0.29, 0.717) is 28.5 Å². The minimum Gasteiger partial charge on any atom is -0.341 e. The molecule has 0 atom stereocenters. The summed E-state index contributed by atoms with van der Waals surface area (Å²) in [5.41, 5.74) is 1.92. The van der Waals surface area contributed by atoms with E-state index in [9.17, 15) is 4.39 Å². The van der Waals surface area contributed by atoms with Crippen LogP contribution in [-0.4, -0.2) is 46.1 Å². The van der Waals surface area contributed by atoms with E-state index in [1.807, 2.05) is 0 Å². The zero-order chi connectivity index (χ0) is 21.2. The third kappa shape index (κ3) is 4.41. The normalized spacial score (nSPS) is 18.5. The van der Waals surface area contributed by atoms with E-state index in [1.54, 1.807) is 12.3 Å². The predicted octanol–water partition coefficient (Wildman–Crippen LogP) is 4.17. The van der Waals surface area contributed by atoms with Crippen molar-refractivity contribution in [1.29, 1.82) is 0 Å². The summed E-state index contributed by atoms with van der Waals surface area (Å²) in [5.74, 6) is 2.42. The average Bonchev–Trinajstić information content (AvgIpc) is 2.82. The third-order valence-electron chi connectivity index (χ3n) is 6.42. The Morgan fingerprint density at radius 2 is 1.81 bits per heavy atom. The second kappa shape index (κ2) is 8.88. The molecular weight excluding hydrogens is 417 g/mol. The van der Waals surface area contributed by atoms with Crippen LogP contribution >= 0.6 is 11.6 Å². The number of hydrogen-bond acceptors (Lipinski definition) is 7. The van der Waals surface area contributed by atoms with Gasteiger partial charge in [0.15, 0.2) is 5.82 Å². The highest BCUT2D eigenvalue weighted by Crippen LogP contribution is 2.32. The molecule has 0 radical (unpaired) electrons. The van der Waals surface area contributed by atoms with Gasteiger partial charge in [0.05, 0.1) is 11.2 Å². The molecule has 0 unspecified atom stereocenters. The Bertz CT molecular complexity index is 1060. The van der Waals surface area contributed by atoms with Crippen LogP contribution in [0.1, 0.15) is 25.7 Å². The number of anilines is 3. The molecule has 5 rings (SSSR count).